The van der Waals surface area contributed by atoms with E-state index in [2.05, 4.69) is 10.6 Å². The Bertz CT molecular complexity index is 175. The Kier molecular flexibility index (Phi) is 2.98. The van der Waals surface area contributed by atoms with Gasteiger partial charge in [-0.05, 0) is 25.3 Å². The molecule has 0 aromatic rings. The van der Waals surface area contributed by atoms with Crippen molar-refractivity contribution in [2.45, 2.75) is 13.0 Å². The fourth-order valence-corrected chi connectivity index (χ4v) is 1.07. The number of aliphatic hydroxyl groups is 1. The molecule has 3 heteroatoms. The molecule has 0 saturated carbocycles. The lowest BCUT2D eigenvalue weighted by atomic mass is 10.1. The summed E-state index contributed by atoms with van der Waals surface area (Å²) in [6.07, 6.45) is 5.73. The van der Waals surface area contributed by atoms with E-state index in [-0.39, 0.29) is 12.6 Å². The van der Waals surface area contributed by atoms with Gasteiger partial charge in [-0.15, -0.1) is 0 Å². The SMILES string of the molecule is CCNC1=CC=CNC1CO. The molecule has 1 rings (SSSR count). The van der Waals surface area contributed by atoms with Gasteiger partial charge in [-0.1, -0.05) is 0 Å². The zero-order valence-electron chi connectivity index (χ0n) is 6.67. The van der Waals surface area contributed by atoms with Gasteiger partial charge in [0, 0.05) is 12.2 Å². The van der Waals surface area contributed by atoms with Crippen molar-refractivity contribution in [3.8, 4) is 0 Å². The Hall–Kier alpha value is -0.960. The van der Waals surface area contributed by atoms with Crippen LogP contribution in [0, 0.1) is 0 Å². The zero-order valence-corrected chi connectivity index (χ0v) is 6.67. The zero-order chi connectivity index (χ0) is 8.10. The molecular formula is C8H14N2O. The minimum Gasteiger partial charge on any atom is -0.394 e. The second-order valence-electron chi connectivity index (χ2n) is 2.41. The summed E-state index contributed by atoms with van der Waals surface area (Å²) in [6.45, 7) is 3.05. The molecule has 0 saturated heterocycles. The third kappa shape index (κ3) is 1.98. The van der Waals surface area contributed by atoms with E-state index in [0.29, 0.717) is 0 Å². The molecule has 0 fully saturated rings. The van der Waals surface area contributed by atoms with Gasteiger partial charge in [0.05, 0.1) is 12.6 Å². The van der Waals surface area contributed by atoms with E-state index in [1.54, 1.807) is 0 Å². The molecule has 3 nitrogen and oxygen atoms in total. The summed E-state index contributed by atoms with van der Waals surface area (Å²) in [5.41, 5.74) is 1.05. The first-order chi connectivity index (χ1) is 5.38. The molecule has 1 unspecified atom stereocenters. The first kappa shape index (κ1) is 8.14. The van der Waals surface area contributed by atoms with Gasteiger partial charge >= 0.3 is 0 Å². The van der Waals surface area contributed by atoms with Crippen LogP contribution in [0.1, 0.15) is 6.92 Å². The largest absolute Gasteiger partial charge is 0.394 e. The number of hydrogen-bond donors (Lipinski definition) is 3. The normalized spacial score (nSPS) is 22.4. The average molecular weight is 154 g/mol. The fraction of sp³-hybridized carbons (Fsp3) is 0.500. The lowest BCUT2D eigenvalue weighted by Gasteiger charge is -2.21. The number of hydrogen-bond acceptors (Lipinski definition) is 3. The van der Waals surface area contributed by atoms with Gasteiger partial charge in [0.1, 0.15) is 0 Å². The molecule has 0 aromatic heterocycles. The van der Waals surface area contributed by atoms with E-state index in [1.165, 1.54) is 0 Å². The summed E-state index contributed by atoms with van der Waals surface area (Å²) in [6, 6.07) is 0.0416. The molecule has 0 radical (unpaired) electrons. The number of dihydropyridines is 1. The van der Waals surface area contributed by atoms with Gasteiger partial charge in [0.2, 0.25) is 0 Å². The molecule has 0 amide bonds. The second kappa shape index (κ2) is 4.03. The van der Waals surface area contributed by atoms with Crippen LogP contribution in [0.25, 0.3) is 0 Å². The number of nitrogens with one attached hydrogen (secondary N) is 2. The summed E-state index contributed by atoms with van der Waals surface area (Å²) < 4.78 is 0. The molecule has 62 valence electrons. The van der Waals surface area contributed by atoms with Gasteiger partial charge in [-0.3, -0.25) is 0 Å². The molecule has 0 aromatic carbocycles. The molecule has 1 aliphatic rings. The van der Waals surface area contributed by atoms with Crippen molar-refractivity contribution in [1.82, 2.24) is 10.6 Å². The highest BCUT2D eigenvalue weighted by Gasteiger charge is 2.11. The molecule has 0 spiro atoms. The number of allylic oxidation sites excluding steroid dienone is 2. The lowest BCUT2D eigenvalue weighted by molar-refractivity contribution is 0.263. The summed E-state index contributed by atoms with van der Waals surface area (Å²) >= 11 is 0. The number of likely N-dealkylation sites (N-methyl/N-ethyl adjacent to an activating group) is 1. The molecule has 1 atom stereocenters. The lowest BCUT2D eigenvalue weighted by Crippen LogP contribution is -2.38. The first-order valence-electron chi connectivity index (χ1n) is 3.86. The van der Waals surface area contributed by atoms with Crippen LogP contribution >= 0.6 is 0 Å². The van der Waals surface area contributed by atoms with E-state index < -0.39 is 0 Å². The minimum atomic E-state index is 0.0416. The predicted octanol–water partition coefficient (Wildman–Crippen LogP) is -0.0424. The molecule has 3 N–H and O–H groups in total. The van der Waals surface area contributed by atoms with E-state index in [9.17, 15) is 0 Å². The van der Waals surface area contributed by atoms with Crippen molar-refractivity contribution < 1.29 is 5.11 Å². The van der Waals surface area contributed by atoms with Crippen molar-refractivity contribution in [1.29, 1.82) is 0 Å². The topological polar surface area (TPSA) is 44.3 Å². The third-order valence-corrected chi connectivity index (χ3v) is 1.61. The smallest absolute Gasteiger partial charge is 0.0887 e. The Morgan fingerprint density at radius 1 is 1.73 bits per heavy atom. The van der Waals surface area contributed by atoms with Crippen LogP contribution in [0.5, 0.6) is 0 Å². The van der Waals surface area contributed by atoms with Gasteiger partial charge < -0.3 is 15.7 Å². The molecule has 0 aliphatic carbocycles. The highest BCUT2D eigenvalue weighted by atomic mass is 16.3. The quantitative estimate of drug-likeness (QED) is 0.534. The van der Waals surface area contributed by atoms with Crippen LogP contribution in [-0.2, 0) is 0 Å². The number of aliphatic hydroxyl groups excluding tert-OH is 1. The molecule has 1 heterocycles. The Labute approximate surface area is 66.8 Å². The number of rotatable bonds is 3. The summed E-state index contributed by atoms with van der Waals surface area (Å²) in [7, 11) is 0. The highest BCUT2D eigenvalue weighted by molar-refractivity contribution is 5.21. The summed E-state index contributed by atoms with van der Waals surface area (Å²) in [4.78, 5) is 0. The third-order valence-electron chi connectivity index (χ3n) is 1.61. The van der Waals surface area contributed by atoms with Crippen LogP contribution in [-0.4, -0.2) is 24.3 Å². The van der Waals surface area contributed by atoms with Crippen LogP contribution in [0.15, 0.2) is 24.0 Å². The van der Waals surface area contributed by atoms with E-state index in [1.807, 2.05) is 25.3 Å². The van der Waals surface area contributed by atoms with Crippen molar-refractivity contribution in [3.05, 3.63) is 24.0 Å². The monoisotopic (exact) mass is 154 g/mol. The molecule has 11 heavy (non-hydrogen) atoms. The maximum Gasteiger partial charge on any atom is 0.0887 e. The minimum absolute atomic E-state index is 0.0416. The second-order valence-corrected chi connectivity index (χ2v) is 2.41. The van der Waals surface area contributed by atoms with Crippen LogP contribution in [0.4, 0.5) is 0 Å². The van der Waals surface area contributed by atoms with Crippen molar-refractivity contribution in [2.75, 3.05) is 13.2 Å². The highest BCUT2D eigenvalue weighted by Crippen LogP contribution is 2.02. The van der Waals surface area contributed by atoms with Crippen LogP contribution in [0.2, 0.25) is 0 Å². The molecular weight excluding hydrogens is 140 g/mol. The summed E-state index contributed by atoms with van der Waals surface area (Å²) in [5, 5.41) is 15.1. The van der Waals surface area contributed by atoms with Gasteiger partial charge in [-0.2, -0.15) is 0 Å². The van der Waals surface area contributed by atoms with Crippen LogP contribution < -0.4 is 10.6 Å². The maximum atomic E-state index is 8.91. The Balaban J connectivity index is 2.55. The van der Waals surface area contributed by atoms with E-state index in [4.69, 9.17) is 5.11 Å². The van der Waals surface area contributed by atoms with Gasteiger partial charge in [0.25, 0.3) is 0 Å². The van der Waals surface area contributed by atoms with E-state index >= 15 is 0 Å². The van der Waals surface area contributed by atoms with Crippen molar-refractivity contribution >= 4 is 0 Å². The average Bonchev–Trinajstić information content (AvgIpc) is 2.06. The van der Waals surface area contributed by atoms with Crippen LogP contribution in [0.3, 0.4) is 0 Å². The standard InChI is InChI=1S/C8H14N2O/c1-2-9-7-4-3-5-10-8(7)6-11/h3-5,8-11H,2,6H2,1H3. The first-order valence-corrected chi connectivity index (χ1v) is 3.86. The predicted molar refractivity (Wildman–Crippen MR) is 44.9 cm³/mol. The Morgan fingerprint density at radius 3 is 3.18 bits per heavy atom. The van der Waals surface area contributed by atoms with Gasteiger partial charge in [0.15, 0.2) is 0 Å². The fourth-order valence-electron chi connectivity index (χ4n) is 1.07. The maximum absolute atomic E-state index is 8.91. The summed E-state index contributed by atoms with van der Waals surface area (Å²) in [5.74, 6) is 0. The van der Waals surface area contributed by atoms with E-state index in [0.717, 1.165) is 12.2 Å². The van der Waals surface area contributed by atoms with Crippen molar-refractivity contribution in [2.24, 2.45) is 0 Å². The van der Waals surface area contributed by atoms with Gasteiger partial charge in [-0.25, -0.2) is 0 Å². The molecule has 0 bridgehead atoms. The van der Waals surface area contributed by atoms with Crippen molar-refractivity contribution in [3.63, 3.8) is 0 Å². The molecule has 1 aliphatic heterocycles. The Morgan fingerprint density at radius 2 is 2.55 bits per heavy atom.